The van der Waals surface area contributed by atoms with Gasteiger partial charge in [-0.25, -0.2) is 0 Å². The smallest absolute Gasteiger partial charge is 0.222 e. The maximum Gasteiger partial charge on any atom is 0.222 e. The van der Waals surface area contributed by atoms with E-state index in [9.17, 15) is 4.79 Å². The van der Waals surface area contributed by atoms with E-state index in [4.69, 9.17) is 5.73 Å². The first-order valence-corrected chi connectivity index (χ1v) is 7.89. The predicted molar refractivity (Wildman–Crippen MR) is 81.6 cm³/mol. The molecule has 0 saturated carbocycles. The lowest BCUT2D eigenvalue weighted by Gasteiger charge is -2.43. The van der Waals surface area contributed by atoms with Crippen molar-refractivity contribution in [3.8, 4) is 0 Å². The quantitative estimate of drug-likeness (QED) is 0.903. The molecule has 0 aromatic carbocycles. The van der Waals surface area contributed by atoms with E-state index in [-0.39, 0.29) is 12.1 Å². The molecule has 1 aromatic rings. The number of piperazine rings is 1. The summed E-state index contributed by atoms with van der Waals surface area (Å²) in [5.74, 6) is 0.319. The van der Waals surface area contributed by atoms with Crippen molar-refractivity contribution < 1.29 is 4.79 Å². The van der Waals surface area contributed by atoms with Crippen molar-refractivity contribution in [3.05, 3.63) is 30.1 Å². The Morgan fingerprint density at radius 2 is 2.14 bits per heavy atom. The van der Waals surface area contributed by atoms with Gasteiger partial charge in [0.2, 0.25) is 5.91 Å². The minimum atomic E-state index is 0.107. The van der Waals surface area contributed by atoms with E-state index >= 15 is 0 Å². The highest BCUT2D eigenvalue weighted by molar-refractivity contribution is 5.78. The maximum absolute atomic E-state index is 11.8. The van der Waals surface area contributed by atoms with E-state index in [0.29, 0.717) is 18.4 Å². The molecule has 1 amide bonds. The van der Waals surface area contributed by atoms with Crippen LogP contribution in [0.5, 0.6) is 0 Å². The Bertz CT molecular complexity index is 492. The standard InChI is InChI=1S/C16H24N4O/c1-2-14(17)16(12-5-7-18-8-6-12)19-9-10-20-13(11-19)3-4-15(20)21/h5-8,13-14,16H,2-4,9-11,17H2,1H3. The van der Waals surface area contributed by atoms with E-state index in [1.165, 1.54) is 5.56 Å². The first-order valence-electron chi connectivity index (χ1n) is 7.89. The fourth-order valence-electron chi connectivity index (χ4n) is 3.65. The highest BCUT2D eigenvalue weighted by Crippen LogP contribution is 2.30. The van der Waals surface area contributed by atoms with Crippen LogP contribution in [0, 0.1) is 0 Å². The summed E-state index contributed by atoms with van der Waals surface area (Å²) in [6.07, 6.45) is 6.30. The minimum Gasteiger partial charge on any atom is -0.337 e. The second-order valence-corrected chi connectivity index (χ2v) is 6.07. The van der Waals surface area contributed by atoms with Crippen molar-refractivity contribution in [2.45, 2.75) is 44.3 Å². The zero-order chi connectivity index (χ0) is 14.8. The van der Waals surface area contributed by atoms with E-state index in [1.54, 1.807) is 0 Å². The average Bonchev–Trinajstić information content (AvgIpc) is 2.89. The molecule has 0 radical (unpaired) electrons. The number of hydrogen-bond donors (Lipinski definition) is 1. The molecule has 2 fully saturated rings. The monoisotopic (exact) mass is 288 g/mol. The number of aromatic nitrogens is 1. The van der Waals surface area contributed by atoms with Gasteiger partial charge in [0.25, 0.3) is 0 Å². The number of nitrogens with zero attached hydrogens (tertiary/aromatic N) is 3. The Balaban J connectivity index is 1.80. The molecule has 21 heavy (non-hydrogen) atoms. The molecular weight excluding hydrogens is 264 g/mol. The van der Waals surface area contributed by atoms with Gasteiger partial charge in [-0.2, -0.15) is 0 Å². The summed E-state index contributed by atoms with van der Waals surface area (Å²) in [7, 11) is 0. The Labute approximate surface area is 126 Å². The van der Waals surface area contributed by atoms with Crippen molar-refractivity contribution in [2.75, 3.05) is 19.6 Å². The van der Waals surface area contributed by atoms with Crippen molar-refractivity contribution in [2.24, 2.45) is 5.73 Å². The number of fused-ring (bicyclic) bond motifs is 1. The normalized spacial score (nSPS) is 25.7. The molecule has 2 saturated heterocycles. The summed E-state index contributed by atoms with van der Waals surface area (Å²) < 4.78 is 0. The second-order valence-electron chi connectivity index (χ2n) is 6.07. The van der Waals surface area contributed by atoms with Gasteiger partial charge in [0.15, 0.2) is 0 Å². The number of carbonyl (C=O) groups excluding carboxylic acids is 1. The van der Waals surface area contributed by atoms with Crippen molar-refractivity contribution >= 4 is 5.91 Å². The third-order valence-electron chi connectivity index (χ3n) is 4.84. The Morgan fingerprint density at radius 3 is 2.86 bits per heavy atom. The van der Waals surface area contributed by atoms with E-state index in [1.807, 2.05) is 12.4 Å². The fraction of sp³-hybridized carbons (Fsp3) is 0.625. The topological polar surface area (TPSA) is 62.5 Å². The molecular formula is C16H24N4O. The number of amides is 1. The molecule has 5 nitrogen and oxygen atoms in total. The second kappa shape index (κ2) is 6.12. The van der Waals surface area contributed by atoms with E-state index in [0.717, 1.165) is 32.5 Å². The van der Waals surface area contributed by atoms with E-state index in [2.05, 4.69) is 33.8 Å². The number of hydrogen-bond acceptors (Lipinski definition) is 4. The molecule has 2 aliphatic rings. The fourth-order valence-corrected chi connectivity index (χ4v) is 3.65. The van der Waals surface area contributed by atoms with Gasteiger partial charge in [-0.1, -0.05) is 6.92 Å². The van der Waals surface area contributed by atoms with E-state index < -0.39 is 0 Å². The summed E-state index contributed by atoms with van der Waals surface area (Å²) in [6, 6.07) is 4.82. The van der Waals surface area contributed by atoms with Crippen LogP contribution in [0.4, 0.5) is 0 Å². The van der Waals surface area contributed by atoms with Crippen molar-refractivity contribution in [3.63, 3.8) is 0 Å². The summed E-state index contributed by atoms with van der Waals surface area (Å²) in [6.45, 7) is 4.81. The molecule has 3 atom stereocenters. The molecule has 114 valence electrons. The molecule has 0 bridgehead atoms. The van der Waals surface area contributed by atoms with Crippen LogP contribution in [0.2, 0.25) is 0 Å². The number of pyridine rings is 1. The Kier molecular flexibility index (Phi) is 4.22. The molecule has 3 rings (SSSR count). The zero-order valence-corrected chi connectivity index (χ0v) is 12.6. The van der Waals surface area contributed by atoms with Gasteiger partial charge in [-0.3, -0.25) is 14.7 Å². The third kappa shape index (κ3) is 2.80. The van der Waals surface area contributed by atoms with Gasteiger partial charge < -0.3 is 10.6 Å². The maximum atomic E-state index is 11.8. The van der Waals surface area contributed by atoms with Gasteiger partial charge in [0.1, 0.15) is 0 Å². The van der Waals surface area contributed by atoms with Gasteiger partial charge in [-0.05, 0) is 30.5 Å². The van der Waals surface area contributed by atoms with Crippen LogP contribution in [0.3, 0.4) is 0 Å². The van der Waals surface area contributed by atoms with Crippen LogP contribution >= 0.6 is 0 Å². The first kappa shape index (κ1) is 14.5. The lowest BCUT2D eigenvalue weighted by molar-refractivity contribution is -0.131. The van der Waals surface area contributed by atoms with Gasteiger partial charge >= 0.3 is 0 Å². The highest BCUT2D eigenvalue weighted by Gasteiger charge is 2.38. The van der Waals surface area contributed by atoms with Crippen LogP contribution in [0.15, 0.2) is 24.5 Å². The average molecular weight is 288 g/mol. The van der Waals surface area contributed by atoms with Crippen LogP contribution in [0.25, 0.3) is 0 Å². The SMILES string of the molecule is CCC(N)C(c1ccncc1)N1CCN2C(=O)CCC2C1. The van der Waals surface area contributed by atoms with Gasteiger partial charge in [-0.15, -0.1) is 0 Å². The molecule has 3 unspecified atom stereocenters. The van der Waals surface area contributed by atoms with Crippen LogP contribution in [0.1, 0.15) is 37.8 Å². The number of rotatable bonds is 4. The van der Waals surface area contributed by atoms with Crippen molar-refractivity contribution in [1.29, 1.82) is 0 Å². The Hall–Kier alpha value is -1.46. The third-order valence-corrected chi connectivity index (χ3v) is 4.84. The molecule has 0 aliphatic carbocycles. The molecule has 5 heteroatoms. The minimum absolute atomic E-state index is 0.107. The summed E-state index contributed by atoms with van der Waals surface area (Å²) in [5.41, 5.74) is 7.64. The van der Waals surface area contributed by atoms with Crippen LogP contribution < -0.4 is 5.73 Å². The van der Waals surface area contributed by atoms with Gasteiger partial charge in [0, 0.05) is 50.5 Å². The van der Waals surface area contributed by atoms with Crippen molar-refractivity contribution in [1.82, 2.24) is 14.8 Å². The predicted octanol–water partition coefficient (Wildman–Crippen LogP) is 1.17. The first-order chi connectivity index (χ1) is 10.2. The summed E-state index contributed by atoms with van der Waals surface area (Å²) >= 11 is 0. The molecule has 1 aromatic heterocycles. The zero-order valence-electron chi connectivity index (χ0n) is 12.6. The lowest BCUT2D eigenvalue weighted by Crippen LogP contribution is -2.54. The summed E-state index contributed by atoms with van der Waals surface area (Å²) in [4.78, 5) is 20.4. The number of carbonyl (C=O) groups is 1. The van der Waals surface area contributed by atoms with Gasteiger partial charge in [0.05, 0.1) is 6.04 Å². The van der Waals surface area contributed by atoms with Crippen LogP contribution in [-0.2, 0) is 4.79 Å². The highest BCUT2D eigenvalue weighted by atomic mass is 16.2. The molecule has 2 N–H and O–H groups in total. The summed E-state index contributed by atoms with van der Waals surface area (Å²) in [5, 5.41) is 0. The van der Waals surface area contributed by atoms with Crippen LogP contribution in [-0.4, -0.2) is 52.4 Å². The molecule has 2 aliphatic heterocycles. The Morgan fingerprint density at radius 1 is 1.38 bits per heavy atom. The molecule has 3 heterocycles. The largest absolute Gasteiger partial charge is 0.337 e. The lowest BCUT2D eigenvalue weighted by atomic mass is 9.95. The molecule has 0 spiro atoms. The number of nitrogens with two attached hydrogens (primary N) is 1.